The standard InChI is InChI=1S/C11H11ClFNO3/c1-6(15)14-10(5-11(16)17)7-2-3-9(13)8(12)4-7/h2-4,10H,5H2,1H3,(H,14,15)(H,16,17). The van der Waals surface area contributed by atoms with Crippen LogP contribution in [0.3, 0.4) is 0 Å². The predicted octanol–water partition coefficient (Wildman–Crippen LogP) is 2.13. The van der Waals surface area contributed by atoms with Crippen LogP contribution in [0.15, 0.2) is 18.2 Å². The van der Waals surface area contributed by atoms with Gasteiger partial charge in [0.05, 0.1) is 17.5 Å². The van der Waals surface area contributed by atoms with Gasteiger partial charge >= 0.3 is 5.97 Å². The highest BCUT2D eigenvalue weighted by Gasteiger charge is 2.17. The third kappa shape index (κ3) is 4.03. The largest absolute Gasteiger partial charge is 0.481 e. The van der Waals surface area contributed by atoms with E-state index in [9.17, 15) is 14.0 Å². The van der Waals surface area contributed by atoms with E-state index in [4.69, 9.17) is 16.7 Å². The lowest BCUT2D eigenvalue weighted by atomic mass is 10.0. The van der Waals surface area contributed by atoms with Gasteiger partial charge in [-0.3, -0.25) is 9.59 Å². The Balaban J connectivity index is 2.98. The average molecular weight is 260 g/mol. The molecule has 6 heteroatoms. The zero-order valence-electron chi connectivity index (χ0n) is 9.04. The van der Waals surface area contributed by atoms with Crippen LogP contribution in [0.1, 0.15) is 24.9 Å². The van der Waals surface area contributed by atoms with E-state index in [0.717, 1.165) is 6.07 Å². The monoisotopic (exact) mass is 259 g/mol. The van der Waals surface area contributed by atoms with Crippen molar-refractivity contribution in [3.63, 3.8) is 0 Å². The minimum atomic E-state index is -1.07. The summed E-state index contributed by atoms with van der Waals surface area (Å²) in [7, 11) is 0. The number of hydrogen-bond donors (Lipinski definition) is 2. The van der Waals surface area contributed by atoms with E-state index in [1.807, 2.05) is 0 Å². The van der Waals surface area contributed by atoms with Crippen LogP contribution in [0.2, 0.25) is 5.02 Å². The van der Waals surface area contributed by atoms with Gasteiger partial charge in [0.15, 0.2) is 0 Å². The first-order valence-electron chi connectivity index (χ1n) is 4.84. The SMILES string of the molecule is CC(=O)NC(CC(=O)O)c1ccc(F)c(Cl)c1. The van der Waals surface area contributed by atoms with Gasteiger partial charge in [0.1, 0.15) is 5.82 Å². The van der Waals surface area contributed by atoms with E-state index < -0.39 is 17.8 Å². The van der Waals surface area contributed by atoms with Crippen LogP contribution in [0.5, 0.6) is 0 Å². The third-order valence-corrected chi connectivity index (χ3v) is 2.39. The molecule has 92 valence electrons. The minimum Gasteiger partial charge on any atom is -0.481 e. The van der Waals surface area contributed by atoms with Crippen LogP contribution in [0, 0.1) is 5.82 Å². The van der Waals surface area contributed by atoms with Gasteiger partial charge in [0.25, 0.3) is 0 Å². The number of carboxylic acids is 1. The second kappa shape index (κ2) is 5.63. The van der Waals surface area contributed by atoms with Crippen molar-refractivity contribution in [2.45, 2.75) is 19.4 Å². The summed E-state index contributed by atoms with van der Waals surface area (Å²) >= 11 is 5.60. The number of hydrogen-bond acceptors (Lipinski definition) is 2. The quantitative estimate of drug-likeness (QED) is 0.870. The molecule has 1 rings (SSSR count). The van der Waals surface area contributed by atoms with E-state index >= 15 is 0 Å². The van der Waals surface area contributed by atoms with Crippen molar-refractivity contribution in [1.82, 2.24) is 5.32 Å². The van der Waals surface area contributed by atoms with Gasteiger partial charge in [-0.2, -0.15) is 0 Å². The molecule has 0 fully saturated rings. The molecule has 1 unspecified atom stereocenters. The molecule has 0 radical (unpaired) electrons. The molecule has 1 aromatic rings. The van der Waals surface area contributed by atoms with Gasteiger partial charge in [-0.1, -0.05) is 17.7 Å². The van der Waals surface area contributed by atoms with E-state index in [0.29, 0.717) is 5.56 Å². The number of rotatable bonds is 4. The Morgan fingerprint density at radius 3 is 2.65 bits per heavy atom. The molecule has 0 aliphatic heterocycles. The number of carbonyl (C=O) groups excluding carboxylic acids is 1. The van der Waals surface area contributed by atoms with Crippen LogP contribution in [-0.4, -0.2) is 17.0 Å². The van der Waals surface area contributed by atoms with Crippen molar-refractivity contribution in [3.05, 3.63) is 34.6 Å². The summed E-state index contributed by atoms with van der Waals surface area (Å²) in [4.78, 5) is 21.6. The lowest BCUT2D eigenvalue weighted by Crippen LogP contribution is -2.28. The highest BCUT2D eigenvalue weighted by atomic mass is 35.5. The second-order valence-electron chi connectivity index (χ2n) is 3.52. The summed E-state index contributed by atoms with van der Waals surface area (Å²) in [6.07, 6.45) is -0.290. The average Bonchev–Trinajstić information content (AvgIpc) is 2.19. The van der Waals surface area contributed by atoms with Gasteiger partial charge in [0, 0.05) is 6.92 Å². The Morgan fingerprint density at radius 1 is 1.53 bits per heavy atom. The van der Waals surface area contributed by atoms with Crippen LogP contribution in [0.4, 0.5) is 4.39 Å². The molecule has 0 spiro atoms. The van der Waals surface area contributed by atoms with Gasteiger partial charge < -0.3 is 10.4 Å². The molecule has 1 atom stereocenters. The smallest absolute Gasteiger partial charge is 0.305 e. The molecule has 0 aliphatic rings. The van der Waals surface area contributed by atoms with Gasteiger partial charge in [-0.05, 0) is 17.7 Å². The lowest BCUT2D eigenvalue weighted by Gasteiger charge is -2.16. The molecule has 17 heavy (non-hydrogen) atoms. The number of nitrogens with one attached hydrogen (secondary N) is 1. The molecular formula is C11H11ClFNO3. The molecule has 0 heterocycles. The zero-order chi connectivity index (χ0) is 13.0. The molecule has 0 aromatic heterocycles. The normalized spacial score (nSPS) is 11.9. The number of benzene rings is 1. The van der Waals surface area contributed by atoms with Crippen LogP contribution in [0.25, 0.3) is 0 Å². The second-order valence-corrected chi connectivity index (χ2v) is 3.93. The summed E-state index contributed by atoms with van der Waals surface area (Å²) in [6, 6.07) is 3.11. The summed E-state index contributed by atoms with van der Waals surface area (Å²) in [5, 5.41) is 11.1. The summed E-state index contributed by atoms with van der Waals surface area (Å²) in [5.74, 6) is -2.02. The molecule has 0 aliphatic carbocycles. The van der Waals surface area contributed by atoms with Crippen LogP contribution >= 0.6 is 11.6 Å². The van der Waals surface area contributed by atoms with Crippen molar-refractivity contribution in [2.75, 3.05) is 0 Å². The Morgan fingerprint density at radius 2 is 2.18 bits per heavy atom. The summed E-state index contributed by atoms with van der Waals surface area (Å²) in [5.41, 5.74) is 0.453. The first kappa shape index (κ1) is 13.4. The number of amides is 1. The Kier molecular flexibility index (Phi) is 4.45. The zero-order valence-corrected chi connectivity index (χ0v) is 9.79. The van der Waals surface area contributed by atoms with E-state index in [1.165, 1.54) is 19.1 Å². The van der Waals surface area contributed by atoms with E-state index in [1.54, 1.807) is 0 Å². The van der Waals surface area contributed by atoms with E-state index in [-0.39, 0.29) is 17.4 Å². The van der Waals surface area contributed by atoms with Crippen molar-refractivity contribution >= 4 is 23.5 Å². The number of aliphatic carboxylic acids is 1. The lowest BCUT2D eigenvalue weighted by molar-refractivity contribution is -0.137. The molecule has 1 amide bonds. The van der Waals surface area contributed by atoms with Crippen molar-refractivity contribution < 1.29 is 19.1 Å². The number of carboxylic acid groups (broad SMARTS) is 1. The molecule has 1 aromatic carbocycles. The van der Waals surface area contributed by atoms with Crippen molar-refractivity contribution in [2.24, 2.45) is 0 Å². The molecule has 4 nitrogen and oxygen atoms in total. The summed E-state index contributed by atoms with van der Waals surface area (Å²) in [6.45, 7) is 1.28. The van der Waals surface area contributed by atoms with Crippen LogP contribution in [-0.2, 0) is 9.59 Å². The fourth-order valence-corrected chi connectivity index (χ4v) is 1.59. The van der Waals surface area contributed by atoms with Crippen molar-refractivity contribution in [3.8, 4) is 0 Å². The molecule has 0 bridgehead atoms. The molecule has 0 saturated heterocycles. The Hall–Kier alpha value is -1.62. The van der Waals surface area contributed by atoms with Gasteiger partial charge in [-0.25, -0.2) is 4.39 Å². The molecular weight excluding hydrogens is 249 g/mol. The maximum Gasteiger partial charge on any atom is 0.305 e. The number of carbonyl (C=O) groups is 2. The van der Waals surface area contributed by atoms with Gasteiger partial charge in [-0.15, -0.1) is 0 Å². The fraction of sp³-hybridized carbons (Fsp3) is 0.273. The summed E-state index contributed by atoms with van der Waals surface area (Å²) < 4.78 is 13.0. The Bertz CT molecular complexity index is 434. The molecule has 0 saturated carbocycles. The van der Waals surface area contributed by atoms with Crippen molar-refractivity contribution in [1.29, 1.82) is 0 Å². The predicted molar refractivity (Wildman–Crippen MR) is 60.2 cm³/mol. The maximum absolute atomic E-state index is 13.0. The maximum atomic E-state index is 13.0. The molecule has 2 N–H and O–H groups in total. The fourth-order valence-electron chi connectivity index (χ4n) is 1.40. The minimum absolute atomic E-state index is 0.108. The highest BCUT2D eigenvalue weighted by molar-refractivity contribution is 6.30. The van der Waals surface area contributed by atoms with Gasteiger partial charge in [0.2, 0.25) is 5.91 Å². The third-order valence-electron chi connectivity index (χ3n) is 2.10. The first-order chi connectivity index (χ1) is 7.90. The Labute approximate surface area is 102 Å². The number of halogens is 2. The highest BCUT2D eigenvalue weighted by Crippen LogP contribution is 2.23. The first-order valence-corrected chi connectivity index (χ1v) is 5.21. The van der Waals surface area contributed by atoms with Crippen LogP contribution < -0.4 is 5.32 Å². The topological polar surface area (TPSA) is 66.4 Å². The van der Waals surface area contributed by atoms with E-state index in [2.05, 4.69) is 5.32 Å².